The van der Waals surface area contributed by atoms with Crippen LogP contribution in [0.4, 0.5) is 0 Å². The van der Waals surface area contributed by atoms with Gasteiger partial charge in [-0.15, -0.1) is 0 Å². The Morgan fingerprint density at radius 2 is 2.28 bits per heavy atom. The summed E-state index contributed by atoms with van der Waals surface area (Å²) in [6.45, 7) is 6.29. The van der Waals surface area contributed by atoms with Gasteiger partial charge in [-0.3, -0.25) is 14.7 Å². The number of nitrogens with one attached hydrogen (secondary N) is 1. The molecule has 1 aliphatic heterocycles. The molecule has 1 N–H and O–H groups in total. The lowest BCUT2D eigenvalue weighted by molar-refractivity contribution is 0.0342. The fourth-order valence-electron chi connectivity index (χ4n) is 2.01. The third kappa shape index (κ3) is 3.78. The zero-order valence-corrected chi connectivity index (χ0v) is 10.6. The summed E-state index contributed by atoms with van der Waals surface area (Å²) in [7, 11) is 0. The topological polar surface area (TPSA) is 54.5 Å². The van der Waals surface area contributed by atoms with Crippen molar-refractivity contribution in [3.05, 3.63) is 30.1 Å². The summed E-state index contributed by atoms with van der Waals surface area (Å²) in [5, 5.41) is 2.96. The quantitative estimate of drug-likeness (QED) is 0.846. The number of morpholine rings is 1. The van der Waals surface area contributed by atoms with Gasteiger partial charge >= 0.3 is 0 Å². The van der Waals surface area contributed by atoms with E-state index < -0.39 is 0 Å². The second-order valence-electron chi connectivity index (χ2n) is 4.50. The largest absolute Gasteiger partial charge is 0.379 e. The van der Waals surface area contributed by atoms with Gasteiger partial charge in [-0.05, 0) is 19.1 Å². The summed E-state index contributed by atoms with van der Waals surface area (Å²) in [5.41, 5.74) is 0.464. The second kappa shape index (κ2) is 6.47. The van der Waals surface area contributed by atoms with Gasteiger partial charge in [0.25, 0.3) is 5.91 Å². The Morgan fingerprint density at radius 1 is 1.50 bits per heavy atom. The van der Waals surface area contributed by atoms with Gasteiger partial charge in [0.2, 0.25) is 0 Å². The van der Waals surface area contributed by atoms with Gasteiger partial charge < -0.3 is 10.1 Å². The van der Waals surface area contributed by atoms with Gasteiger partial charge in [0.1, 0.15) is 5.69 Å². The molecule has 5 nitrogen and oxygen atoms in total. The van der Waals surface area contributed by atoms with Crippen LogP contribution in [0.15, 0.2) is 24.4 Å². The molecule has 1 aromatic rings. The molecule has 2 rings (SSSR count). The van der Waals surface area contributed by atoms with E-state index in [1.54, 1.807) is 18.3 Å². The van der Waals surface area contributed by atoms with Gasteiger partial charge in [0.15, 0.2) is 0 Å². The van der Waals surface area contributed by atoms with Crippen molar-refractivity contribution in [1.82, 2.24) is 15.2 Å². The maximum atomic E-state index is 11.9. The first-order chi connectivity index (χ1) is 8.75. The molecule has 5 heteroatoms. The van der Waals surface area contributed by atoms with E-state index in [1.807, 2.05) is 13.0 Å². The Bertz CT molecular complexity index is 377. The van der Waals surface area contributed by atoms with E-state index in [1.165, 1.54) is 0 Å². The minimum atomic E-state index is -0.114. The summed E-state index contributed by atoms with van der Waals surface area (Å²) in [6, 6.07) is 5.44. The first kappa shape index (κ1) is 13.0. The zero-order chi connectivity index (χ0) is 12.8. The maximum Gasteiger partial charge on any atom is 0.270 e. The molecular weight excluding hydrogens is 230 g/mol. The number of carbonyl (C=O) groups excluding carboxylic acids is 1. The van der Waals surface area contributed by atoms with Crippen molar-refractivity contribution in [3.8, 4) is 0 Å². The van der Waals surface area contributed by atoms with Gasteiger partial charge in [0.05, 0.1) is 13.2 Å². The summed E-state index contributed by atoms with van der Waals surface area (Å²) >= 11 is 0. The third-order valence-corrected chi connectivity index (χ3v) is 2.91. The third-order valence-electron chi connectivity index (χ3n) is 2.91. The summed E-state index contributed by atoms with van der Waals surface area (Å²) in [5.74, 6) is -0.114. The van der Waals surface area contributed by atoms with Crippen LogP contribution in [0.5, 0.6) is 0 Å². The maximum absolute atomic E-state index is 11.9. The lowest BCUT2D eigenvalue weighted by Gasteiger charge is -2.29. The Balaban J connectivity index is 1.80. The molecule has 1 saturated heterocycles. The van der Waals surface area contributed by atoms with E-state index in [-0.39, 0.29) is 11.9 Å². The van der Waals surface area contributed by atoms with Gasteiger partial charge in [-0.2, -0.15) is 0 Å². The monoisotopic (exact) mass is 249 g/mol. The van der Waals surface area contributed by atoms with Crippen molar-refractivity contribution < 1.29 is 9.53 Å². The van der Waals surface area contributed by atoms with Crippen molar-refractivity contribution in [1.29, 1.82) is 0 Å². The van der Waals surface area contributed by atoms with Crippen LogP contribution >= 0.6 is 0 Å². The number of ether oxygens (including phenoxy) is 1. The number of amides is 1. The van der Waals surface area contributed by atoms with Crippen LogP contribution in [0.3, 0.4) is 0 Å². The number of rotatable bonds is 4. The second-order valence-corrected chi connectivity index (χ2v) is 4.50. The van der Waals surface area contributed by atoms with Crippen LogP contribution < -0.4 is 5.32 Å². The van der Waals surface area contributed by atoms with E-state index in [9.17, 15) is 4.79 Å². The normalized spacial score (nSPS) is 18.3. The van der Waals surface area contributed by atoms with Crippen LogP contribution in [-0.4, -0.2) is 54.7 Å². The molecule has 1 aromatic heterocycles. The average molecular weight is 249 g/mol. The van der Waals surface area contributed by atoms with Crippen LogP contribution in [0, 0.1) is 0 Å². The molecule has 98 valence electrons. The number of hydrogen-bond donors (Lipinski definition) is 1. The van der Waals surface area contributed by atoms with Crippen molar-refractivity contribution in [2.24, 2.45) is 0 Å². The van der Waals surface area contributed by atoms with E-state index in [0.717, 1.165) is 32.8 Å². The van der Waals surface area contributed by atoms with E-state index in [0.29, 0.717) is 5.69 Å². The first-order valence-electron chi connectivity index (χ1n) is 6.27. The number of hydrogen-bond acceptors (Lipinski definition) is 4. The molecule has 1 fully saturated rings. The van der Waals surface area contributed by atoms with Gasteiger partial charge in [0, 0.05) is 31.9 Å². The molecule has 0 spiro atoms. The van der Waals surface area contributed by atoms with E-state index >= 15 is 0 Å². The van der Waals surface area contributed by atoms with Crippen molar-refractivity contribution in [2.75, 3.05) is 32.8 Å². The lowest BCUT2D eigenvalue weighted by atomic mass is 10.2. The molecule has 0 bridgehead atoms. The smallest absolute Gasteiger partial charge is 0.270 e. The molecule has 0 aliphatic carbocycles. The highest BCUT2D eigenvalue weighted by Gasteiger charge is 2.16. The van der Waals surface area contributed by atoms with Crippen LogP contribution in [0.25, 0.3) is 0 Å². The number of pyridine rings is 1. The highest BCUT2D eigenvalue weighted by molar-refractivity contribution is 5.92. The lowest BCUT2D eigenvalue weighted by Crippen LogP contribution is -2.46. The fourth-order valence-corrected chi connectivity index (χ4v) is 2.01. The molecule has 1 aliphatic rings. The minimum Gasteiger partial charge on any atom is -0.379 e. The molecule has 1 amide bonds. The standard InChI is InChI=1S/C13H19N3O2/c1-11(10-16-6-8-18-9-7-16)15-13(17)12-4-2-3-5-14-12/h2-5,11H,6-10H2,1H3,(H,15,17)/t11-/m1/s1. The van der Waals surface area contributed by atoms with Crippen LogP contribution in [0.1, 0.15) is 17.4 Å². The fraction of sp³-hybridized carbons (Fsp3) is 0.538. The SMILES string of the molecule is C[C@H](CN1CCOCC1)NC(=O)c1ccccn1. The summed E-state index contributed by atoms with van der Waals surface area (Å²) in [6.07, 6.45) is 1.63. The van der Waals surface area contributed by atoms with E-state index in [4.69, 9.17) is 4.74 Å². The van der Waals surface area contributed by atoms with Crippen molar-refractivity contribution >= 4 is 5.91 Å². The van der Waals surface area contributed by atoms with Crippen LogP contribution in [0.2, 0.25) is 0 Å². The van der Waals surface area contributed by atoms with Crippen molar-refractivity contribution in [2.45, 2.75) is 13.0 Å². The molecule has 0 radical (unpaired) electrons. The summed E-state index contributed by atoms with van der Waals surface area (Å²) in [4.78, 5) is 18.2. The number of aromatic nitrogens is 1. The molecular formula is C13H19N3O2. The molecule has 2 heterocycles. The first-order valence-corrected chi connectivity index (χ1v) is 6.27. The molecule has 18 heavy (non-hydrogen) atoms. The van der Waals surface area contributed by atoms with E-state index in [2.05, 4.69) is 15.2 Å². The Kier molecular flexibility index (Phi) is 4.66. The number of nitrogens with zero attached hydrogens (tertiary/aromatic N) is 2. The molecule has 0 unspecified atom stereocenters. The Morgan fingerprint density at radius 3 is 2.94 bits per heavy atom. The molecule has 0 saturated carbocycles. The molecule has 1 atom stereocenters. The predicted octanol–water partition coefficient (Wildman–Crippen LogP) is 0.532. The number of carbonyl (C=O) groups is 1. The molecule has 0 aromatic carbocycles. The highest BCUT2D eigenvalue weighted by Crippen LogP contribution is 2.00. The van der Waals surface area contributed by atoms with Crippen LogP contribution in [-0.2, 0) is 4.74 Å². The Hall–Kier alpha value is -1.46. The predicted molar refractivity (Wildman–Crippen MR) is 68.4 cm³/mol. The summed E-state index contributed by atoms with van der Waals surface area (Å²) < 4.78 is 5.29. The van der Waals surface area contributed by atoms with Gasteiger partial charge in [-0.25, -0.2) is 0 Å². The van der Waals surface area contributed by atoms with Gasteiger partial charge in [-0.1, -0.05) is 6.07 Å². The minimum absolute atomic E-state index is 0.109. The average Bonchev–Trinajstić information content (AvgIpc) is 2.40. The van der Waals surface area contributed by atoms with Crippen molar-refractivity contribution in [3.63, 3.8) is 0 Å². The zero-order valence-electron chi connectivity index (χ0n) is 10.6. The Labute approximate surface area is 107 Å². The highest BCUT2D eigenvalue weighted by atomic mass is 16.5.